The van der Waals surface area contributed by atoms with Crippen LogP contribution in [0.4, 0.5) is 48.3 Å². The van der Waals surface area contributed by atoms with Crippen LogP contribution in [-0.2, 0) is 6.61 Å². The zero-order chi connectivity index (χ0) is 102. The average molecular weight is 1920 g/mol. The first-order chi connectivity index (χ1) is 68.6. The van der Waals surface area contributed by atoms with Crippen LogP contribution in [0.15, 0.2) is 346 Å². The highest BCUT2D eigenvalue weighted by atomic mass is 19.2. The molecule has 0 aliphatic heterocycles. The third kappa shape index (κ3) is 37.1. The SMILES string of the molecule is COc1ccc(C)cc1/C=C/c1ccc(F)cc1.COc1cccc(/C=C/c2ccc(F)cc2)c1OC.COc1cccc(/C=C/c2cccc(F)c2)c1OC.COc1ccccc1/C=C/c1ccccc1F.Cc1ccc(/C=C/c2ccc(C)c(F)c2)cc1.Cc1ccc(/C=C/c2cccc(F)c2)cc1F.Cc1ccc(F)c(/C=C/c2ccccc2F)c1.OCc1ccc(/C=C/c2cc(F)ccc2F)cc1. The molecule has 0 heterocycles. The van der Waals surface area contributed by atoms with Gasteiger partial charge in [-0.2, -0.15) is 0 Å². The fourth-order valence-electron chi connectivity index (χ4n) is 13.2. The van der Waals surface area contributed by atoms with E-state index in [1.54, 1.807) is 220 Å². The second kappa shape index (κ2) is 58.2. The quantitative estimate of drug-likeness (QED) is 0.0505. The van der Waals surface area contributed by atoms with Crippen LogP contribution >= 0.6 is 0 Å². The maximum atomic E-state index is 13.4. The first kappa shape index (κ1) is 109. The number of para-hydroxylation sites is 3. The molecule has 142 heavy (non-hydrogen) atoms. The number of rotatable bonds is 23. The van der Waals surface area contributed by atoms with Crippen molar-refractivity contribution in [3.05, 3.63) is 532 Å². The number of hydrogen-bond donors (Lipinski definition) is 1. The largest absolute Gasteiger partial charge is 0.496 e. The van der Waals surface area contributed by atoms with E-state index in [0.29, 0.717) is 50.8 Å². The van der Waals surface area contributed by atoms with Crippen molar-refractivity contribution in [3.63, 3.8) is 0 Å². The van der Waals surface area contributed by atoms with Gasteiger partial charge in [0, 0.05) is 44.5 Å². The van der Waals surface area contributed by atoms with Crippen LogP contribution < -0.4 is 28.4 Å². The summed E-state index contributed by atoms with van der Waals surface area (Å²) in [4.78, 5) is 0. The lowest BCUT2D eigenvalue weighted by Gasteiger charge is -2.09. The maximum absolute atomic E-state index is 13.4. The molecule has 16 aromatic rings. The van der Waals surface area contributed by atoms with Gasteiger partial charge in [0.2, 0.25) is 0 Å². The Kier molecular flexibility index (Phi) is 44.7. The molecule has 0 spiro atoms. The molecular formula is C124H109F11O7. The zero-order valence-corrected chi connectivity index (χ0v) is 80.4. The Morgan fingerprint density at radius 2 is 0.479 bits per heavy atom. The minimum atomic E-state index is -0.466. The number of ether oxygens (including phenoxy) is 6. The molecule has 0 fully saturated rings. The molecule has 0 aromatic heterocycles. The molecular weight excluding hydrogens is 1810 g/mol. The molecule has 0 aliphatic rings. The van der Waals surface area contributed by atoms with E-state index < -0.39 is 11.6 Å². The second-order valence-electron chi connectivity index (χ2n) is 31.6. The molecule has 0 saturated carbocycles. The Morgan fingerprint density at radius 3 is 0.915 bits per heavy atom. The Morgan fingerprint density at radius 1 is 0.190 bits per heavy atom. The van der Waals surface area contributed by atoms with Crippen molar-refractivity contribution in [3.8, 4) is 34.5 Å². The Bertz CT molecular complexity index is 6960. The van der Waals surface area contributed by atoms with Gasteiger partial charge in [0.25, 0.3) is 0 Å². The van der Waals surface area contributed by atoms with E-state index in [2.05, 4.69) is 37.3 Å². The summed E-state index contributed by atoms with van der Waals surface area (Å²) in [5.41, 5.74) is 18.0. The van der Waals surface area contributed by atoms with Crippen molar-refractivity contribution in [1.82, 2.24) is 0 Å². The minimum Gasteiger partial charge on any atom is -0.496 e. The van der Waals surface area contributed by atoms with Gasteiger partial charge in [-0.3, -0.25) is 0 Å². The molecule has 0 saturated heterocycles. The molecule has 18 heteroatoms. The van der Waals surface area contributed by atoms with Gasteiger partial charge < -0.3 is 33.5 Å². The van der Waals surface area contributed by atoms with E-state index in [1.807, 2.05) is 166 Å². The van der Waals surface area contributed by atoms with E-state index in [-0.39, 0.29) is 64.5 Å². The van der Waals surface area contributed by atoms with E-state index in [4.69, 9.17) is 33.5 Å². The van der Waals surface area contributed by atoms with Crippen molar-refractivity contribution in [1.29, 1.82) is 0 Å². The van der Waals surface area contributed by atoms with E-state index in [9.17, 15) is 48.3 Å². The standard InChI is InChI=1S/2C16H15FO2.C16H15FO.C16H15F.C15H12F2O.2C15H12F2.C15H13FO/c1-18-15-8-4-6-13(16(15)19-2)10-9-12-5-3-7-14(17)11-12;1-18-15-5-3-4-13(16(15)19-2)9-6-12-7-10-14(17)11-8-12;1-12-3-10-16(18-2)14(11-12)7-4-13-5-8-15(17)9-6-13;1-12-3-6-14(7-4-12)9-10-15-8-5-13(2)16(17)11-15;16-14-7-8-15(17)13(9-14)6-5-11-1-3-12(10-18)4-2-11;1-11-5-6-13(10-15(11)17)8-7-12-3-2-4-14(16)9-12;1-11-6-9-15(17)13(10-11)8-7-12-4-2-3-5-14(12)16;1-17-15-9-5-3-7-13(15)11-10-12-6-2-4-8-14(12)16/h2*3-11H,1-2H3;3-11H,1-2H3;3-11H,1-2H3;1-9,18H,10H2;2*2-10H,1H3;2-11H,1H3/b10-9+;9-6+;7-4+;10-9+;6-5+;2*8-7+;11-10+. The molecule has 0 bridgehead atoms. The van der Waals surface area contributed by atoms with Crippen LogP contribution in [0.5, 0.6) is 34.5 Å². The first-order valence-electron chi connectivity index (χ1n) is 44.8. The molecule has 0 atom stereocenters. The fraction of sp³-hybridized carbons (Fsp3) is 0.0968. The normalized spacial score (nSPS) is 10.9. The molecule has 0 radical (unpaired) electrons. The van der Waals surface area contributed by atoms with Crippen LogP contribution in [-0.4, -0.2) is 47.8 Å². The molecule has 0 unspecified atom stereocenters. The maximum Gasteiger partial charge on any atom is 0.167 e. The summed E-state index contributed by atoms with van der Waals surface area (Å²) in [6.45, 7) is 9.46. The summed E-state index contributed by atoms with van der Waals surface area (Å²) in [6, 6.07) is 97.2. The fourth-order valence-corrected chi connectivity index (χ4v) is 13.2. The number of methoxy groups -OCH3 is 6. The number of hydrogen-bond acceptors (Lipinski definition) is 7. The number of aliphatic hydroxyl groups excluding tert-OH is 1. The summed E-state index contributed by atoms with van der Waals surface area (Å²) < 4.78 is 176. The highest BCUT2D eigenvalue weighted by Crippen LogP contribution is 2.35. The van der Waals surface area contributed by atoms with Crippen molar-refractivity contribution in [2.24, 2.45) is 0 Å². The Hall–Kier alpha value is -16.6. The Balaban J connectivity index is 0.000000181. The molecule has 16 aromatic carbocycles. The Labute approximate surface area is 824 Å². The van der Waals surface area contributed by atoms with Gasteiger partial charge >= 0.3 is 0 Å². The highest BCUT2D eigenvalue weighted by Gasteiger charge is 2.11. The van der Waals surface area contributed by atoms with Crippen LogP contribution in [0, 0.1) is 98.6 Å². The van der Waals surface area contributed by atoms with E-state index >= 15 is 0 Å². The first-order valence-corrected chi connectivity index (χ1v) is 44.8. The van der Waals surface area contributed by atoms with Gasteiger partial charge in [0.05, 0.1) is 49.3 Å². The molecule has 0 aliphatic carbocycles. The van der Waals surface area contributed by atoms with Crippen molar-refractivity contribution in [2.75, 3.05) is 42.7 Å². The van der Waals surface area contributed by atoms with Gasteiger partial charge in [0.15, 0.2) is 23.0 Å². The predicted molar refractivity (Wildman–Crippen MR) is 563 cm³/mol. The second-order valence-corrected chi connectivity index (χ2v) is 31.6. The van der Waals surface area contributed by atoms with E-state index in [1.165, 1.54) is 90.0 Å². The van der Waals surface area contributed by atoms with Crippen LogP contribution in [0.25, 0.3) is 97.2 Å². The van der Waals surface area contributed by atoms with Gasteiger partial charge in [-0.25, -0.2) is 48.3 Å². The monoisotopic (exact) mass is 1920 g/mol. The van der Waals surface area contributed by atoms with Gasteiger partial charge in [-0.05, 0) is 229 Å². The van der Waals surface area contributed by atoms with Crippen LogP contribution in [0.1, 0.15) is 122 Å². The lowest BCUT2D eigenvalue weighted by atomic mass is 10.1. The number of aliphatic hydroxyl groups is 1. The summed E-state index contributed by atoms with van der Waals surface area (Å²) >= 11 is 0. The zero-order valence-electron chi connectivity index (χ0n) is 80.4. The van der Waals surface area contributed by atoms with Crippen LogP contribution in [0.2, 0.25) is 0 Å². The van der Waals surface area contributed by atoms with Crippen molar-refractivity contribution < 1.29 is 81.8 Å². The van der Waals surface area contributed by atoms with Crippen molar-refractivity contribution >= 4 is 97.2 Å². The molecule has 7 nitrogen and oxygen atoms in total. The van der Waals surface area contributed by atoms with Gasteiger partial charge in [0.1, 0.15) is 75.5 Å². The number of benzene rings is 16. The van der Waals surface area contributed by atoms with Crippen molar-refractivity contribution in [2.45, 2.75) is 41.2 Å². The lowest BCUT2D eigenvalue weighted by Crippen LogP contribution is -1.92. The smallest absolute Gasteiger partial charge is 0.167 e. The summed E-state index contributed by atoms with van der Waals surface area (Å²) in [5.74, 6) is 1.18. The lowest BCUT2D eigenvalue weighted by molar-refractivity contribution is 0.282. The average Bonchev–Trinajstić information content (AvgIpc) is 0.851. The number of aryl methyl sites for hydroxylation is 5. The molecule has 1 N–H and O–H groups in total. The third-order valence-electron chi connectivity index (χ3n) is 21.0. The summed E-state index contributed by atoms with van der Waals surface area (Å²) in [6.07, 6.45) is 28.8. The van der Waals surface area contributed by atoms with Gasteiger partial charge in [-0.1, -0.05) is 326 Å². The third-order valence-corrected chi connectivity index (χ3v) is 21.0. The van der Waals surface area contributed by atoms with Crippen LogP contribution in [0.3, 0.4) is 0 Å². The minimum absolute atomic E-state index is 0.0114. The predicted octanol–water partition coefficient (Wildman–Crippen LogP) is 33.5. The highest BCUT2D eigenvalue weighted by molar-refractivity contribution is 5.79. The molecule has 0 amide bonds. The summed E-state index contributed by atoms with van der Waals surface area (Å²) in [5, 5.41) is 8.89. The summed E-state index contributed by atoms with van der Waals surface area (Å²) in [7, 11) is 9.67. The topological polar surface area (TPSA) is 75.6 Å². The van der Waals surface area contributed by atoms with Gasteiger partial charge in [-0.15, -0.1) is 0 Å². The molecule has 16 rings (SSSR count). The van der Waals surface area contributed by atoms with E-state index in [0.717, 1.165) is 108 Å². The molecule has 724 valence electrons. The number of halogens is 11.